The number of hydrogen-bond acceptors (Lipinski definition) is 2. The number of quaternary nitrogens is 1. The highest BCUT2D eigenvalue weighted by atomic mass is 16.5. The Morgan fingerprint density at radius 2 is 1.88 bits per heavy atom. The summed E-state index contributed by atoms with van der Waals surface area (Å²) in [4.78, 5) is 0. The zero-order valence-electron chi connectivity index (χ0n) is 5.56. The second-order valence-electron chi connectivity index (χ2n) is 2.71. The summed E-state index contributed by atoms with van der Waals surface area (Å²) < 4.78 is 0. The summed E-state index contributed by atoms with van der Waals surface area (Å²) in [7, 11) is 0. The first-order valence-electron chi connectivity index (χ1n) is 2.49. The average molecular weight is 116 g/mol. The zero-order chi connectivity index (χ0) is 6.78. The third kappa shape index (κ3) is 2.04. The number of nitrogens with one attached hydrogen (secondary N) is 1. The molecule has 0 spiro atoms. The van der Waals surface area contributed by atoms with Crippen molar-refractivity contribution in [1.29, 1.82) is 0 Å². The summed E-state index contributed by atoms with van der Waals surface area (Å²) in [6, 6.07) is 0. The molecule has 0 aromatic carbocycles. The van der Waals surface area contributed by atoms with Gasteiger partial charge in [-0.3, -0.25) is 0 Å². The van der Waals surface area contributed by atoms with Crippen LogP contribution in [0, 0.1) is 5.21 Å². The van der Waals surface area contributed by atoms with Crippen molar-refractivity contribution in [2.45, 2.75) is 26.3 Å². The lowest BCUT2D eigenvalue weighted by atomic mass is 10.1. The molecule has 3 heteroatoms. The molecule has 0 aromatic heterocycles. The van der Waals surface area contributed by atoms with E-state index < -0.39 is 0 Å². The van der Waals surface area contributed by atoms with Crippen molar-refractivity contribution in [2.24, 2.45) is 5.10 Å². The molecule has 0 fully saturated rings. The lowest BCUT2D eigenvalue weighted by molar-refractivity contribution is -0.904. The Kier molecular flexibility index (Phi) is 2.12. The molecule has 1 unspecified atom stereocenters. The molecular formula is C5H12N2O. The molecule has 8 heavy (non-hydrogen) atoms. The van der Waals surface area contributed by atoms with Crippen molar-refractivity contribution in [3.63, 3.8) is 0 Å². The molecule has 0 aromatic rings. The van der Waals surface area contributed by atoms with E-state index >= 15 is 0 Å². The van der Waals surface area contributed by atoms with Gasteiger partial charge in [-0.1, -0.05) is 5.10 Å². The lowest BCUT2D eigenvalue weighted by Crippen LogP contribution is -3.10. The molecule has 0 aliphatic carbocycles. The Labute approximate surface area is 49.6 Å². The van der Waals surface area contributed by atoms with Gasteiger partial charge < -0.3 is 5.21 Å². The second-order valence-corrected chi connectivity index (χ2v) is 2.71. The minimum atomic E-state index is -0.359. The molecule has 0 saturated heterocycles. The number of hydrogen-bond donors (Lipinski definition) is 1. The lowest BCUT2D eigenvalue weighted by Gasteiger charge is -2.28. The third-order valence-electron chi connectivity index (χ3n) is 0.785. The van der Waals surface area contributed by atoms with E-state index in [1.54, 1.807) is 0 Å². The third-order valence-corrected chi connectivity index (χ3v) is 0.785. The van der Waals surface area contributed by atoms with E-state index in [2.05, 4.69) is 11.8 Å². The van der Waals surface area contributed by atoms with Gasteiger partial charge in [0.2, 0.25) is 0 Å². The largest absolute Gasteiger partial charge is 0.606 e. The first kappa shape index (κ1) is 7.59. The van der Waals surface area contributed by atoms with Gasteiger partial charge in [0.1, 0.15) is 5.54 Å². The maximum atomic E-state index is 10.6. The first-order valence-corrected chi connectivity index (χ1v) is 2.49. The topological polar surface area (TPSA) is 39.9 Å². The molecule has 48 valence electrons. The van der Waals surface area contributed by atoms with E-state index in [1.165, 1.54) is 0 Å². The van der Waals surface area contributed by atoms with E-state index in [-0.39, 0.29) is 10.7 Å². The molecule has 0 aliphatic heterocycles. The molecule has 3 nitrogen and oxygen atoms in total. The highest BCUT2D eigenvalue weighted by Crippen LogP contribution is 1.89. The molecule has 0 bridgehead atoms. The highest BCUT2D eigenvalue weighted by molar-refractivity contribution is 5.21. The highest BCUT2D eigenvalue weighted by Gasteiger charge is 2.16. The van der Waals surface area contributed by atoms with Gasteiger partial charge in [-0.05, 0) is 20.8 Å². The van der Waals surface area contributed by atoms with E-state index in [0.29, 0.717) is 0 Å². The van der Waals surface area contributed by atoms with E-state index in [4.69, 9.17) is 0 Å². The summed E-state index contributed by atoms with van der Waals surface area (Å²) in [6.07, 6.45) is 0. The van der Waals surface area contributed by atoms with Gasteiger partial charge in [0.05, 0.1) is 0 Å². The van der Waals surface area contributed by atoms with Crippen LogP contribution in [0.4, 0.5) is 0 Å². The predicted molar refractivity (Wildman–Crippen MR) is 33.6 cm³/mol. The number of hydroxylamine groups is 1. The van der Waals surface area contributed by atoms with Gasteiger partial charge in [0, 0.05) is 6.72 Å². The van der Waals surface area contributed by atoms with Gasteiger partial charge >= 0.3 is 0 Å². The Balaban J connectivity index is 3.80. The van der Waals surface area contributed by atoms with Crippen LogP contribution >= 0.6 is 0 Å². The molecule has 0 radical (unpaired) electrons. The van der Waals surface area contributed by atoms with Gasteiger partial charge in [0.25, 0.3) is 0 Å². The van der Waals surface area contributed by atoms with Crippen LogP contribution in [-0.4, -0.2) is 12.3 Å². The van der Waals surface area contributed by atoms with E-state index in [0.717, 1.165) is 0 Å². The summed E-state index contributed by atoms with van der Waals surface area (Å²) >= 11 is 0. The average Bonchev–Trinajstić information content (AvgIpc) is 1.62. The Morgan fingerprint density at radius 3 is 1.88 bits per heavy atom. The van der Waals surface area contributed by atoms with Gasteiger partial charge in [-0.2, -0.15) is 0 Å². The minimum absolute atomic E-state index is 0.155. The summed E-state index contributed by atoms with van der Waals surface area (Å²) in [6.45, 7) is 8.56. The van der Waals surface area contributed by atoms with E-state index in [1.807, 2.05) is 20.8 Å². The first-order chi connectivity index (χ1) is 3.48. The van der Waals surface area contributed by atoms with Crippen molar-refractivity contribution >= 4 is 6.72 Å². The second kappa shape index (κ2) is 2.24. The molecule has 0 rings (SSSR count). The van der Waals surface area contributed by atoms with Crippen LogP contribution in [0.2, 0.25) is 0 Å². The standard InChI is InChI=1S/C5H12N2O/c1-5(2,3)7(8)6-4/h7H,4H2,1-3H3. The summed E-state index contributed by atoms with van der Waals surface area (Å²) in [5.74, 6) is 0. The van der Waals surface area contributed by atoms with Crippen molar-refractivity contribution in [3.05, 3.63) is 5.21 Å². The Hall–Kier alpha value is -0.410. The molecule has 1 N–H and O–H groups in total. The van der Waals surface area contributed by atoms with Crippen molar-refractivity contribution in [2.75, 3.05) is 0 Å². The number of nitrogens with zero attached hydrogens (tertiary/aromatic N) is 1. The molecule has 0 amide bonds. The fraction of sp³-hybridized carbons (Fsp3) is 0.800. The van der Waals surface area contributed by atoms with Gasteiger partial charge in [0.15, 0.2) is 0 Å². The van der Waals surface area contributed by atoms with Crippen LogP contribution in [0.5, 0.6) is 0 Å². The zero-order valence-corrected chi connectivity index (χ0v) is 5.56. The summed E-state index contributed by atoms with van der Waals surface area (Å²) in [5.41, 5.74) is -0.359. The molecule has 0 aliphatic rings. The van der Waals surface area contributed by atoms with Gasteiger partial charge in [-0.15, -0.1) is 0 Å². The fourth-order valence-electron chi connectivity index (χ4n) is 0.237. The van der Waals surface area contributed by atoms with Crippen molar-refractivity contribution in [1.82, 2.24) is 0 Å². The number of rotatable bonds is 1. The SMILES string of the molecule is C=N[NH+]([O-])C(C)(C)C. The molecule has 0 saturated carbocycles. The van der Waals surface area contributed by atoms with E-state index in [9.17, 15) is 5.21 Å². The summed E-state index contributed by atoms with van der Waals surface area (Å²) in [5, 5.41) is 13.7. The quantitative estimate of drug-likeness (QED) is 0.373. The van der Waals surface area contributed by atoms with Crippen LogP contribution in [0.25, 0.3) is 0 Å². The van der Waals surface area contributed by atoms with Crippen molar-refractivity contribution in [3.8, 4) is 0 Å². The predicted octanol–water partition coefficient (Wildman–Crippen LogP) is -0.217. The monoisotopic (exact) mass is 116 g/mol. The maximum absolute atomic E-state index is 10.6. The van der Waals surface area contributed by atoms with Crippen LogP contribution in [0.3, 0.4) is 0 Å². The van der Waals surface area contributed by atoms with Crippen LogP contribution in [0.15, 0.2) is 5.10 Å². The smallest absolute Gasteiger partial charge is 0.113 e. The molecule has 1 atom stereocenters. The maximum Gasteiger partial charge on any atom is 0.113 e. The Bertz CT molecular complexity index is 84.9. The van der Waals surface area contributed by atoms with Crippen LogP contribution < -0.4 is 5.17 Å². The van der Waals surface area contributed by atoms with Crippen molar-refractivity contribution < 1.29 is 5.17 Å². The molecule has 0 heterocycles. The van der Waals surface area contributed by atoms with Crippen LogP contribution in [0.1, 0.15) is 20.8 Å². The minimum Gasteiger partial charge on any atom is -0.606 e. The Morgan fingerprint density at radius 1 is 1.50 bits per heavy atom. The molecular weight excluding hydrogens is 104 g/mol. The van der Waals surface area contributed by atoms with Gasteiger partial charge in [-0.25, -0.2) is 5.17 Å². The normalized spacial score (nSPS) is 15.5. The van der Waals surface area contributed by atoms with Crippen LogP contribution in [-0.2, 0) is 0 Å². The fourth-order valence-corrected chi connectivity index (χ4v) is 0.237.